The maximum absolute atomic E-state index is 12.6. The lowest BCUT2D eigenvalue weighted by atomic mass is 9.98. The highest BCUT2D eigenvalue weighted by atomic mass is 32.2. The van der Waals surface area contributed by atoms with Crippen LogP contribution in [-0.4, -0.2) is 59.4 Å². The number of piperidine rings is 1. The molecule has 154 valence electrons. The van der Waals surface area contributed by atoms with Gasteiger partial charge in [-0.05, 0) is 43.0 Å². The largest absolute Gasteiger partial charge is 0.493 e. The molecule has 0 atom stereocenters. The Morgan fingerprint density at radius 3 is 2.11 bits per heavy atom. The summed E-state index contributed by atoms with van der Waals surface area (Å²) >= 11 is 0. The zero-order valence-corrected chi connectivity index (χ0v) is 16.5. The van der Waals surface area contributed by atoms with Crippen molar-refractivity contribution in [1.29, 1.82) is 0 Å². The molecule has 2 rings (SSSR count). The Bertz CT molecular complexity index is 697. The van der Waals surface area contributed by atoms with Crippen LogP contribution in [0.5, 0.6) is 17.2 Å². The Morgan fingerprint density at radius 2 is 1.67 bits per heavy atom. The van der Waals surface area contributed by atoms with Crippen LogP contribution in [-0.2, 0) is 16.6 Å². The molecule has 7 nitrogen and oxygen atoms in total. The molecule has 1 heterocycles. The molecule has 1 saturated heterocycles. The van der Waals surface area contributed by atoms with Crippen LogP contribution in [0.25, 0.3) is 0 Å². The maximum atomic E-state index is 12.6. The summed E-state index contributed by atoms with van der Waals surface area (Å²) in [6, 6.07) is 3.71. The van der Waals surface area contributed by atoms with Crippen LogP contribution >= 0.6 is 0 Å². The van der Waals surface area contributed by atoms with Crippen molar-refractivity contribution in [3.63, 3.8) is 0 Å². The zero-order valence-electron chi connectivity index (χ0n) is 15.7. The Kier molecular flexibility index (Phi) is 7.63. The normalized spacial score (nSPS) is 16.5. The Labute approximate surface area is 158 Å². The van der Waals surface area contributed by atoms with Gasteiger partial charge in [-0.1, -0.05) is 0 Å². The van der Waals surface area contributed by atoms with Gasteiger partial charge in [0.25, 0.3) is 10.0 Å². The zero-order chi connectivity index (χ0) is 20.0. The van der Waals surface area contributed by atoms with E-state index in [1.807, 2.05) is 12.1 Å². The van der Waals surface area contributed by atoms with Crippen molar-refractivity contribution in [2.75, 3.05) is 41.0 Å². The molecule has 1 aliphatic heterocycles. The summed E-state index contributed by atoms with van der Waals surface area (Å²) in [6.45, 7) is 1.48. The van der Waals surface area contributed by atoms with Gasteiger partial charge in [-0.25, -0.2) is 8.42 Å². The summed E-state index contributed by atoms with van der Waals surface area (Å²) in [5.41, 5.74) is 0.946. The molecule has 10 heteroatoms. The summed E-state index contributed by atoms with van der Waals surface area (Å²) in [6.07, 6.45) is 1.10. The number of benzene rings is 1. The Hall–Kier alpha value is -1.65. The van der Waals surface area contributed by atoms with Crippen molar-refractivity contribution in [3.05, 3.63) is 17.7 Å². The third kappa shape index (κ3) is 5.20. The molecule has 1 N–H and O–H groups in total. The van der Waals surface area contributed by atoms with Crippen molar-refractivity contribution in [1.82, 2.24) is 9.62 Å². The van der Waals surface area contributed by atoms with E-state index in [0.29, 0.717) is 43.2 Å². The van der Waals surface area contributed by atoms with E-state index in [1.165, 1.54) is 0 Å². The molecule has 0 radical (unpaired) electrons. The highest BCUT2D eigenvalue weighted by molar-refractivity contribution is 7.89. The van der Waals surface area contributed by atoms with E-state index in [-0.39, 0.29) is 19.0 Å². The monoisotopic (exact) mass is 408 g/mol. The van der Waals surface area contributed by atoms with Crippen LogP contribution < -0.4 is 19.5 Å². The number of nitrogens with zero attached hydrogens (tertiary/aromatic N) is 1. The van der Waals surface area contributed by atoms with Crippen molar-refractivity contribution in [2.45, 2.75) is 25.1 Å². The first-order valence-electron chi connectivity index (χ1n) is 8.60. The van der Waals surface area contributed by atoms with Gasteiger partial charge in [0.2, 0.25) is 5.75 Å². The van der Waals surface area contributed by atoms with Gasteiger partial charge in [0.1, 0.15) is 0 Å². The lowest BCUT2D eigenvalue weighted by Gasteiger charge is -2.31. The van der Waals surface area contributed by atoms with Gasteiger partial charge in [-0.3, -0.25) is 0 Å². The first-order chi connectivity index (χ1) is 12.8. The first-order valence-corrected chi connectivity index (χ1v) is 10.1. The fourth-order valence-electron chi connectivity index (χ4n) is 3.14. The van der Waals surface area contributed by atoms with E-state index in [4.69, 9.17) is 14.2 Å². The summed E-state index contributed by atoms with van der Waals surface area (Å²) in [5.74, 6) is -1.46. The summed E-state index contributed by atoms with van der Waals surface area (Å²) in [7, 11) is 0.174. The topological polar surface area (TPSA) is 77.1 Å². The summed E-state index contributed by atoms with van der Waals surface area (Å²) < 4.78 is 65.0. The molecular weight excluding hydrogens is 382 g/mol. The fraction of sp³-hybridized carbons (Fsp3) is 0.647. The average Bonchev–Trinajstić information content (AvgIpc) is 2.67. The second-order valence-corrected chi connectivity index (χ2v) is 8.22. The number of hydrogen-bond acceptors (Lipinski definition) is 6. The van der Waals surface area contributed by atoms with Crippen molar-refractivity contribution in [3.8, 4) is 17.2 Å². The molecule has 27 heavy (non-hydrogen) atoms. The highest BCUT2D eigenvalue weighted by Crippen LogP contribution is 2.38. The average molecular weight is 408 g/mol. The predicted molar refractivity (Wildman–Crippen MR) is 97.0 cm³/mol. The van der Waals surface area contributed by atoms with Gasteiger partial charge in [0.05, 0.1) is 21.3 Å². The second kappa shape index (κ2) is 9.52. The van der Waals surface area contributed by atoms with Crippen LogP contribution in [0.2, 0.25) is 0 Å². The number of ether oxygens (including phenoxy) is 3. The molecule has 1 aliphatic rings. The molecule has 0 saturated carbocycles. The SMILES string of the molecule is COc1cc(CNCC2CCN(S(=O)(=O)C(F)F)CC2)cc(OC)c1OC. The van der Waals surface area contributed by atoms with E-state index >= 15 is 0 Å². The molecule has 0 bridgehead atoms. The number of sulfonamides is 1. The van der Waals surface area contributed by atoms with Gasteiger partial charge < -0.3 is 19.5 Å². The fourth-order valence-corrected chi connectivity index (χ4v) is 4.08. The van der Waals surface area contributed by atoms with Gasteiger partial charge in [0.15, 0.2) is 11.5 Å². The standard InChI is InChI=1S/C17H26F2N2O5S/c1-24-14-8-13(9-15(25-2)16(14)26-3)11-20-10-12-4-6-21(7-5-12)27(22,23)17(18)19/h8-9,12,17,20H,4-7,10-11H2,1-3H3. The maximum Gasteiger partial charge on any atom is 0.350 e. The van der Waals surface area contributed by atoms with Crippen LogP contribution in [0.1, 0.15) is 18.4 Å². The van der Waals surface area contributed by atoms with Gasteiger partial charge in [-0.15, -0.1) is 0 Å². The van der Waals surface area contributed by atoms with Crippen LogP contribution in [0, 0.1) is 5.92 Å². The molecule has 0 aliphatic carbocycles. The van der Waals surface area contributed by atoms with Crippen LogP contribution in [0.4, 0.5) is 8.78 Å². The number of methoxy groups -OCH3 is 3. The van der Waals surface area contributed by atoms with Crippen molar-refractivity contribution < 1.29 is 31.4 Å². The van der Waals surface area contributed by atoms with Crippen LogP contribution in [0.15, 0.2) is 12.1 Å². The minimum absolute atomic E-state index is 0.128. The van der Waals surface area contributed by atoms with Crippen molar-refractivity contribution in [2.24, 2.45) is 5.92 Å². The molecule has 1 fully saturated rings. The Morgan fingerprint density at radius 1 is 1.11 bits per heavy atom. The van der Waals surface area contributed by atoms with E-state index in [1.54, 1.807) is 21.3 Å². The minimum Gasteiger partial charge on any atom is -0.493 e. The van der Waals surface area contributed by atoms with Crippen LogP contribution in [0.3, 0.4) is 0 Å². The van der Waals surface area contributed by atoms with E-state index in [2.05, 4.69) is 5.32 Å². The van der Waals surface area contributed by atoms with Gasteiger partial charge in [-0.2, -0.15) is 13.1 Å². The lowest BCUT2D eigenvalue weighted by Crippen LogP contribution is -2.42. The predicted octanol–water partition coefficient (Wildman–Crippen LogP) is 2.07. The molecule has 1 aromatic carbocycles. The number of nitrogens with one attached hydrogen (secondary N) is 1. The summed E-state index contributed by atoms with van der Waals surface area (Å²) in [4.78, 5) is 0. The smallest absolute Gasteiger partial charge is 0.350 e. The molecule has 1 aromatic rings. The molecule has 0 amide bonds. The van der Waals surface area contributed by atoms with E-state index < -0.39 is 15.8 Å². The third-order valence-electron chi connectivity index (χ3n) is 4.65. The number of alkyl halides is 2. The number of rotatable bonds is 9. The summed E-state index contributed by atoms with van der Waals surface area (Å²) in [5, 5.41) is 3.32. The van der Waals surface area contributed by atoms with E-state index in [0.717, 1.165) is 9.87 Å². The number of hydrogen-bond donors (Lipinski definition) is 1. The quantitative estimate of drug-likeness (QED) is 0.674. The number of halogens is 2. The van der Waals surface area contributed by atoms with Gasteiger partial charge in [0, 0.05) is 19.6 Å². The van der Waals surface area contributed by atoms with E-state index in [9.17, 15) is 17.2 Å². The second-order valence-electron chi connectivity index (χ2n) is 6.31. The minimum atomic E-state index is -4.47. The molecule has 0 aromatic heterocycles. The molecular formula is C17H26F2N2O5S. The van der Waals surface area contributed by atoms with Crippen molar-refractivity contribution >= 4 is 10.0 Å². The molecule has 0 spiro atoms. The first kappa shape index (κ1) is 21.6. The Balaban J connectivity index is 1.87. The molecule has 0 unspecified atom stereocenters. The third-order valence-corrected chi connectivity index (χ3v) is 6.18. The lowest BCUT2D eigenvalue weighted by molar-refractivity contribution is 0.203. The highest BCUT2D eigenvalue weighted by Gasteiger charge is 2.34. The van der Waals surface area contributed by atoms with Gasteiger partial charge >= 0.3 is 5.76 Å².